The number of carbonyl (C=O) groups is 1. The van der Waals surface area contributed by atoms with Gasteiger partial charge in [0.05, 0.1) is 10.6 Å². The molecule has 0 aliphatic carbocycles. The van der Waals surface area contributed by atoms with Crippen LogP contribution >= 0.6 is 0 Å². The van der Waals surface area contributed by atoms with E-state index in [1.165, 1.54) is 13.1 Å². The maximum Gasteiger partial charge on any atom is 0.265 e. The molecule has 0 unspecified atom stereocenters. The van der Waals surface area contributed by atoms with Gasteiger partial charge in [0.25, 0.3) is 5.91 Å². The minimum absolute atomic E-state index is 0.161. The fourth-order valence-electron chi connectivity index (χ4n) is 2.59. The molecule has 23 heavy (non-hydrogen) atoms. The number of sulfone groups is 1. The average molecular weight is 328 g/mol. The van der Waals surface area contributed by atoms with Crippen molar-refractivity contribution in [3.8, 4) is 0 Å². The molecule has 0 fully saturated rings. The second kappa shape index (κ2) is 5.89. The number of carbonyl (C=O) groups excluding carboxylic acids is 1. The van der Waals surface area contributed by atoms with Gasteiger partial charge in [-0.15, -0.1) is 0 Å². The molecule has 0 saturated carbocycles. The molecular weight excluding hydrogens is 312 g/mol. The molecule has 0 atom stereocenters. The predicted octanol–water partition coefficient (Wildman–Crippen LogP) is 1.68. The second-order valence-electron chi connectivity index (χ2n) is 5.12. The first-order valence-corrected chi connectivity index (χ1v) is 8.62. The van der Waals surface area contributed by atoms with Crippen LogP contribution in [0.15, 0.2) is 64.4 Å². The molecule has 1 heterocycles. The Morgan fingerprint density at radius 1 is 1.00 bits per heavy atom. The van der Waals surface area contributed by atoms with Crippen LogP contribution in [0.2, 0.25) is 0 Å². The molecule has 0 aromatic heterocycles. The van der Waals surface area contributed by atoms with Crippen molar-refractivity contribution in [2.45, 2.75) is 11.4 Å². The van der Waals surface area contributed by atoms with Crippen molar-refractivity contribution >= 4 is 21.4 Å². The van der Waals surface area contributed by atoms with Crippen molar-refractivity contribution < 1.29 is 13.2 Å². The minimum Gasteiger partial charge on any atom is -0.379 e. The highest BCUT2D eigenvalue weighted by Crippen LogP contribution is 2.37. The summed E-state index contributed by atoms with van der Waals surface area (Å²) in [5, 5.41) is 5.52. The summed E-state index contributed by atoms with van der Waals surface area (Å²) < 4.78 is 25.3. The Morgan fingerprint density at radius 3 is 2.35 bits per heavy atom. The molecule has 2 aromatic carbocycles. The molecule has 0 radical (unpaired) electrons. The van der Waals surface area contributed by atoms with Gasteiger partial charge in [-0.3, -0.25) is 4.79 Å². The standard InChI is InChI=1S/C17H16N2O3S/c1-18-17(20)16-15(19-11-12-7-3-2-4-8-12)13-9-5-6-10-14(13)23(16,21)22/h2-10,19H,11H2,1H3,(H,18,20). The third kappa shape index (κ3) is 2.61. The average Bonchev–Trinajstić information content (AvgIpc) is 2.81. The molecule has 0 saturated heterocycles. The Hall–Kier alpha value is -2.60. The van der Waals surface area contributed by atoms with Crippen LogP contribution < -0.4 is 10.6 Å². The zero-order valence-electron chi connectivity index (χ0n) is 12.5. The fourth-order valence-corrected chi connectivity index (χ4v) is 4.32. The van der Waals surface area contributed by atoms with Crippen molar-refractivity contribution in [3.05, 3.63) is 70.6 Å². The van der Waals surface area contributed by atoms with Gasteiger partial charge in [-0.2, -0.15) is 0 Å². The first kappa shape index (κ1) is 15.3. The van der Waals surface area contributed by atoms with Crippen molar-refractivity contribution in [1.29, 1.82) is 0 Å². The molecule has 1 amide bonds. The maximum absolute atomic E-state index is 12.6. The third-order valence-corrected chi connectivity index (χ3v) is 5.55. The van der Waals surface area contributed by atoms with Crippen LogP contribution in [0.4, 0.5) is 0 Å². The molecule has 3 rings (SSSR count). The Morgan fingerprint density at radius 2 is 1.65 bits per heavy atom. The molecule has 2 N–H and O–H groups in total. The molecular formula is C17H16N2O3S. The monoisotopic (exact) mass is 328 g/mol. The van der Waals surface area contributed by atoms with Gasteiger partial charge in [-0.25, -0.2) is 8.42 Å². The molecule has 1 aliphatic rings. The number of nitrogens with one attached hydrogen (secondary N) is 2. The summed E-state index contributed by atoms with van der Waals surface area (Å²) in [6.07, 6.45) is 0. The zero-order valence-corrected chi connectivity index (χ0v) is 13.4. The molecule has 0 spiro atoms. The fraction of sp³-hybridized carbons (Fsp3) is 0.118. The van der Waals surface area contributed by atoms with Gasteiger partial charge < -0.3 is 10.6 Å². The van der Waals surface area contributed by atoms with Crippen molar-refractivity contribution in [3.63, 3.8) is 0 Å². The van der Waals surface area contributed by atoms with E-state index < -0.39 is 15.7 Å². The van der Waals surface area contributed by atoms with Gasteiger partial charge >= 0.3 is 0 Å². The van der Waals surface area contributed by atoms with Crippen LogP contribution in [0.5, 0.6) is 0 Å². The molecule has 2 aromatic rings. The summed E-state index contributed by atoms with van der Waals surface area (Å²) in [6.45, 7) is 0.431. The first-order valence-electron chi connectivity index (χ1n) is 7.14. The lowest BCUT2D eigenvalue weighted by atomic mass is 10.1. The van der Waals surface area contributed by atoms with E-state index in [2.05, 4.69) is 10.6 Å². The third-order valence-electron chi connectivity index (χ3n) is 3.69. The highest BCUT2D eigenvalue weighted by Gasteiger charge is 2.39. The molecule has 6 heteroatoms. The summed E-state index contributed by atoms with van der Waals surface area (Å²) in [5.74, 6) is -0.614. The van der Waals surface area contributed by atoms with E-state index in [0.29, 0.717) is 17.8 Å². The number of rotatable bonds is 4. The Labute approximate surface area is 135 Å². The maximum atomic E-state index is 12.6. The SMILES string of the molecule is CNC(=O)C1=C(NCc2ccccc2)c2ccccc2S1(=O)=O. The number of fused-ring (bicyclic) bond motifs is 1. The van der Waals surface area contributed by atoms with E-state index in [1.54, 1.807) is 18.2 Å². The first-order chi connectivity index (χ1) is 11.1. The van der Waals surface area contributed by atoms with Crippen LogP contribution in [0.3, 0.4) is 0 Å². The number of likely N-dealkylation sites (N-methyl/N-ethyl adjacent to an activating group) is 1. The van der Waals surface area contributed by atoms with Gasteiger partial charge in [0.2, 0.25) is 9.84 Å². The lowest BCUT2D eigenvalue weighted by molar-refractivity contribution is -0.116. The van der Waals surface area contributed by atoms with Crippen molar-refractivity contribution in [1.82, 2.24) is 10.6 Å². The molecule has 1 aliphatic heterocycles. The quantitative estimate of drug-likeness (QED) is 0.895. The topological polar surface area (TPSA) is 75.3 Å². The highest BCUT2D eigenvalue weighted by atomic mass is 32.2. The lowest BCUT2D eigenvalue weighted by Crippen LogP contribution is -2.26. The Kier molecular flexibility index (Phi) is 3.92. The van der Waals surface area contributed by atoms with E-state index >= 15 is 0 Å². The van der Waals surface area contributed by atoms with Crippen LogP contribution in [-0.2, 0) is 21.2 Å². The number of hydrogen-bond donors (Lipinski definition) is 2. The van der Waals surface area contributed by atoms with E-state index in [0.717, 1.165) is 5.56 Å². The largest absolute Gasteiger partial charge is 0.379 e. The van der Waals surface area contributed by atoms with Gasteiger partial charge in [0.15, 0.2) is 4.91 Å². The molecule has 118 valence electrons. The summed E-state index contributed by atoms with van der Waals surface area (Å²) in [5.41, 5.74) is 1.88. The number of benzene rings is 2. The highest BCUT2D eigenvalue weighted by molar-refractivity contribution is 7.97. The van der Waals surface area contributed by atoms with Gasteiger partial charge in [-0.05, 0) is 11.6 Å². The van der Waals surface area contributed by atoms with Gasteiger partial charge in [0, 0.05) is 19.2 Å². The van der Waals surface area contributed by atoms with E-state index in [9.17, 15) is 13.2 Å². The molecule has 0 bridgehead atoms. The summed E-state index contributed by atoms with van der Waals surface area (Å²) in [4.78, 5) is 12.1. The number of amides is 1. The molecule has 5 nitrogen and oxygen atoms in total. The van der Waals surface area contributed by atoms with Crippen LogP contribution in [0, 0.1) is 0 Å². The van der Waals surface area contributed by atoms with Crippen LogP contribution in [-0.4, -0.2) is 21.4 Å². The summed E-state index contributed by atoms with van der Waals surface area (Å²) >= 11 is 0. The van der Waals surface area contributed by atoms with E-state index in [4.69, 9.17) is 0 Å². The lowest BCUT2D eigenvalue weighted by Gasteiger charge is -2.10. The van der Waals surface area contributed by atoms with Gasteiger partial charge in [-0.1, -0.05) is 48.5 Å². The summed E-state index contributed by atoms with van der Waals surface area (Å²) in [7, 11) is -2.39. The zero-order chi connectivity index (χ0) is 16.4. The van der Waals surface area contributed by atoms with Crippen molar-refractivity contribution in [2.75, 3.05) is 7.05 Å². The summed E-state index contributed by atoms with van der Waals surface area (Å²) in [6, 6.07) is 16.2. The van der Waals surface area contributed by atoms with Gasteiger partial charge in [0.1, 0.15) is 0 Å². The predicted molar refractivity (Wildman–Crippen MR) is 87.9 cm³/mol. The van der Waals surface area contributed by atoms with Crippen molar-refractivity contribution in [2.24, 2.45) is 0 Å². The smallest absolute Gasteiger partial charge is 0.265 e. The Balaban J connectivity index is 2.06. The van der Waals surface area contributed by atoms with Crippen LogP contribution in [0.1, 0.15) is 11.1 Å². The Bertz CT molecular complexity index is 887. The van der Waals surface area contributed by atoms with Crippen LogP contribution in [0.25, 0.3) is 5.70 Å². The van der Waals surface area contributed by atoms with E-state index in [1.807, 2.05) is 30.3 Å². The van der Waals surface area contributed by atoms with E-state index in [-0.39, 0.29) is 9.80 Å². The minimum atomic E-state index is -3.81. The normalized spacial score (nSPS) is 15.2. The second-order valence-corrected chi connectivity index (χ2v) is 6.98. The number of hydrogen-bond acceptors (Lipinski definition) is 4.